The number of fused-ring (bicyclic) bond motifs is 3. The van der Waals surface area contributed by atoms with Crippen LogP contribution in [-0.4, -0.2) is 52.4 Å². The van der Waals surface area contributed by atoms with Gasteiger partial charge in [-0.15, -0.1) is 0 Å². The second kappa shape index (κ2) is 8.27. The van der Waals surface area contributed by atoms with Crippen molar-refractivity contribution in [3.05, 3.63) is 35.5 Å². The van der Waals surface area contributed by atoms with Crippen molar-refractivity contribution >= 4 is 11.8 Å². The topological polar surface area (TPSA) is 75.9 Å². The predicted molar refractivity (Wildman–Crippen MR) is 107 cm³/mol. The standard InChI is InChI=1S/C22H27N3O4/c1-3-4-11-25(16-9-12-24(13-10-16)15(2)26)22(27)20-18-14-28-19-8-6-5-7-17(19)21(18)29-23-20/h5-8,16H,3-4,9-14H2,1-2H3. The van der Waals surface area contributed by atoms with Gasteiger partial charge in [-0.3, -0.25) is 9.59 Å². The number of likely N-dealkylation sites (tertiary alicyclic amines) is 1. The maximum absolute atomic E-state index is 13.5. The van der Waals surface area contributed by atoms with E-state index in [1.165, 1.54) is 0 Å². The highest BCUT2D eigenvalue weighted by Crippen LogP contribution is 2.39. The summed E-state index contributed by atoms with van der Waals surface area (Å²) in [6.45, 7) is 6.04. The first-order valence-electron chi connectivity index (χ1n) is 10.4. The van der Waals surface area contributed by atoms with E-state index in [9.17, 15) is 9.59 Å². The van der Waals surface area contributed by atoms with Crippen LogP contribution in [0.5, 0.6) is 5.75 Å². The molecule has 1 aromatic carbocycles. The predicted octanol–water partition coefficient (Wildman–Crippen LogP) is 3.49. The number of piperidine rings is 1. The first-order chi connectivity index (χ1) is 14.1. The largest absolute Gasteiger partial charge is 0.488 e. The Kier molecular flexibility index (Phi) is 5.56. The number of amides is 2. The first kappa shape index (κ1) is 19.5. The average Bonchev–Trinajstić information content (AvgIpc) is 3.19. The lowest BCUT2D eigenvalue weighted by Gasteiger charge is -2.38. The van der Waals surface area contributed by atoms with Crippen molar-refractivity contribution in [2.24, 2.45) is 0 Å². The molecule has 1 fully saturated rings. The van der Waals surface area contributed by atoms with Gasteiger partial charge in [0.2, 0.25) is 5.91 Å². The zero-order valence-corrected chi connectivity index (χ0v) is 17.0. The Morgan fingerprint density at radius 1 is 1.24 bits per heavy atom. The number of rotatable bonds is 5. The molecule has 0 bridgehead atoms. The highest BCUT2D eigenvalue weighted by atomic mass is 16.5. The second-order valence-corrected chi connectivity index (χ2v) is 7.71. The molecule has 154 valence electrons. The Hall–Kier alpha value is -2.83. The van der Waals surface area contributed by atoms with Crippen LogP contribution in [0.25, 0.3) is 11.3 Å². The van der Waals surface area contributed by atoms with Crippen LogP contribution in [0.2, 0.25) is 0 Å². The lowest BCUT2D eigenvalue weighted by Crippen LogP contribution is -2.49. The number of nitrogens with zero attached hydrogens (tertiary/aromatic N) is 3. The number of unbranched alkanes of at least 4 members (excludes halogenated alkanes) is 1. The number of benzene rings is 1. The van der Waals surface area contributed by atoms with Gasteiger partial charge in [-0.2, -0.15) is 0 Å². The molecule has 2 aromatic rings. The summed E-state index contributed by atoms with van der Waals surface area (Å²) in [6, 6.07) is 7.73. The summed E-state index contributed by atoms with van der Waals surface area (Å²) in [6.07, 6.45) is 3.50. The summed E-state index contributed by atoms with van der Waals surface area (Å²) in [7, 11) is 0. The Morgan fingerprint density at radius 2 is 2.00 bits per heavy atom. The number of aromatic nitrogens is 1. The highest BCUT2D eigenvalue weighted by Gasteiger charge is 2.34. The smallest absolute Gasteiger partial charge is 0.276 e. The van der Waals surface area contributed by atoms with E-state index in [4.69, 9.17) is 9.26 Å². The Bertz CT molecular complexity index is 899. The lowest BCUT2D eigenvalue weighted by molar-refractivity contribution is -0.130. The van der Waals surface area contributed by atoms with Crippen LogP contribution in [-0.2, 0) is 11.4 Å². The van der Waals surface area contributed by atoms with Gasteiger partial charge < -0.3 is 19.1 Å². The van der Waals surface area contributed by atoms with Gasteiger partial charge in [-0.1, -0.05) is 30.6 Å². The third-order valence-electron chi connectivity index (χ3n) is 5.86. The zero-order valence-electron chi connectivity index (χ0n) is 17.0. The van der Waals surface area contributed by atoms with Crippen LogP contribution >= 0.6 is 0 Å². The minimum absolute atomic E-state index is 0.0938. The molecule has 0 radical (unpaired) electrons. The molecule has 0 saturated carbocycles. The van der Waals surface area contributed by atoms with Crippen LogP contribution in [0.4, 0.5) is 0 Å². The van der Waals surface area contributed by atoms with E-state index in [-0.39, 0.29) is 24.5 Å². The molecular formula is C22H27N3O4. The van der Waals surface area contributed by atoms with E-state index >= 15 is 0 Å². The molecule has 0 spiro atoms. The van der Waals surface area contributed by atoms with Crippen molar-refractivity contribution in [1.29, 1.82) is 0 Å². The monoisotopic (exact) mass is 397 g/mol. The van der Waals surface area contributed by atoms with Gasteiger partial charge in [-0.25, -0.2) is 0 Å². The summed E-state index contributed by atoms with van der Waals surface area (Å²) in [5.74, 6) is 1.36. The number of carbonyl (C=O) groups is 2. The quantitative estimate of drug-likeness (QED) is 0.772. The molecule has 2 aliphatic heterocycles. The minimum atomic E-state index is -0.104. The molecule has 4 rings (SSSR count). The van der Waals surface area contributed by atoms with Gasteiger partial charge in [0.1, 0.15) is 12.4 Å². The lowest BCUT2D eigenvalue weighted by atomic mass is 10.00. The average molecular weight is 397 g/mol. The Morgan fingerprint density at radius 3 is 2.72 bits per heavy atom. The summed E-state index contributed by atoms with van der Waals surface area (Å²) in [5, 5.41) is 4.15. The van der Waals surface area contributed by atoms with E-state index in [1.54, 1.807) is 6.92 Å². The van der Waals surface area contributed by atoms with E-state index in [2.05, 4.69) is 12.1 Å². The molecule has 1 aromatic heterocycles. The third kappa shape index (κ3) is 3.73. The molecule has 7 nitrogen and oxygen atoms in total. The summed E-state index contributed by atoms with van der Waals surface area (Å²) in [5.41, 5.74) is 1.89. The molecule has 0 N–H and O–H groups in total. The fourth-order valence-electron chi connectivity index (χ4n) is 4.16. The van der Waals surface area contributed by atoms with Crippen LogP contribution < -0.4 is 4.74 Å². The van der Waals surface area contributed by atoms with E-state index in [0.717, 1.165) is 42.6 Å². The number of ether oxygens (including phenoxy) is 1. The molecular weight excluding hydrogens is 370 g/mol. The van der Waals surface area contributed by atoms with Crippen molar-refractivity contribution in [1.82, 2.24) is 15.0 Å². The van der Waals surface area contributed by atoms with Crippen molar-refractivity contribution in [2.45, 2.75) is 52.2 Å². The molecule has 2 aliphatic rings. The van der Waals surface area contributed by atoms with Crippen LogP contribution in [0, 0.1) is 0 Å². The fraction of sp³-hybridized carbons (Fsp3) is 0.500. The van der Waals surface area contributed by atoms with E-state index < -0.39 is 0 Å². The maximum atomic E-state index is 13.5. The molecule has 0 aliphatic carbocycles. The zero-order chi connectivity index (χ0) is 20.4. The highest BCUT2D eigenvalue weighted by molar-refractivity contribution is 5.96. The van der Waals surface area contributed by atoms with Gasteiger partial charge in [0.05, 0.1) is 11.1 Å². The summed E-state index contributed by atoms with van der Waals surface area (Å²) in [4.78, 5) is 28.9. The number of para-hydroxylation sites is 1. The SMILES string of the molecule is CCCCN(C(=O)c1noc2c1COc1ccccc1-2)C1CCN(C(C)=O)CC1. The summed E-state index contributed by atoms with van der Waals surface area (Å²) >= 11 is 0. The first-order valence-corrected chi connectivity index (χ1v) is 10.4. The third-order valence-corrected chi connectivity index (χ3v) is 5.86. The van der Waals surface area contributed by atoms with Gasteiger partial charge in [-0.05, 0) is 31.4 Å². The maximum Gasteiger partial charge on any atom is 0.276 e. The van der Waals surface area contributed by atoms with Gasteiger partial charge >= 0.3 is 0 Å². The molecule has 29 heavy (non-hydrogen) atoms. The molecule has 0 unspecified atom stereocenters. The van der Waals surface area contributed by atoms with Crippen molar-refractivity contribution in [3.8, 4) is 17.1 Å². The van der Waals surface area contributed by atoms with Crippen LogP contribution in [0.1, 0.15) is 55.6 Å². The molecule has 1 saturated heterocycles. The minimum Gasteiger partial charge on any atom is -0.488 e. The van der Waals surface area contributed by atoms with Crippen LogP contribution in [0.15, 0.2) is 28.8 Å². The van der Waals surface area contributed by atoms with E-state index in [0.29, 0.717) is 31.1 Å². The van der Waals surface area contributed by atoms with Crippen molar-refractivity contribution in [2.75, 3.05) is 19.6 Å². The normalized spacial score (nSPS) is 16.0. The Labute approximate surface area is 170 Å². The molecule has 0 atom stereocenters. The fourth-order valence-corrected chi connectivity index (χ4v) is 4.16. The van der Waals surface area contributed by atoms with Gasteiger partial charge in [0, 0.05) is 32.6 Å². The van der Waals surface area contributed by atoms with Gasteiger partial charge in [0.25, 0.3) is 5.91 Å². The van der Waals surface area contributed by atoms with Crippen LogP contribution in [0.3, 0.4) is 0 Å². The molecule has 2 amide bonds. The molecule has 3 heterocycles. The number of carbonyl (C=O) groups excluding carboxylic acids is 2. The van der Waals surface area contributed by atoms with Crippen molar-refractivity contribution < 1.29 is 18.8 Å². The number of hydrogen-bond donors (Lipinski definition) is 0. The molecule has 7 heteroatoms. The summed E-state index contributed by atoms with van der Waals surface area (Å²) < 4.78 is 11.4. The van der Waals surface area contributed by atoms with E-state index in [1.807, 2.05) is 34.1 Å². The van der Waals surface area contributed by atoms with Gasteiger partial charge in [0.15, 0.2) is 11.5 Å². The Balaban J connectivity index is 1.58. The number of hydrogen-bond acceptors (Lipinski definition) is 5. The van der Waals surface area contributed by atoms with Crippen molar-refractivity contribution in [3.63, 3.8) is 0 Å². The second-order valence-electron chi connectivity index (χ2n) is 7.71.